The Morgan fingerprint density at radius 1 is 1.40 bits per heavy atom. The zero-order valence-electron chi connectivity index (χ0n) is 11.1. The van der Waals surface area contributed by atoms with E-state index in [-0.39, 0.29) is 12.2 Å². The van der Waals surface area contributed by atoms with Gasteiger partial charge in [0.15, 0.2) is 0 Å². The van der Waals surface area contributed by atoms with Gasteiger partial charge in [-0.05, 0) is 30.9 Å². The number of hydrogen-bond donors (Lipinski definition) is 2. The summed E-state index contributed by atoms with van der Waals surface area (Å²) in [6.07, 6.45) is -3.26. The smallest absolute Gasteiger partial charge is 0.329 e. The van der Waals surface area contributed by atoms with Crippen molar-refractivity contribution in [3.05, 3.63) is 29.8 Å². The molecule has 1 aromatic rings. The van der Waals surface area contributed by atoms with Gasteiger partial charge in [0.25, 0.3) is 0 Å². The average Bonchev–Trinajstić information content (AvgIpc) is 2.34. The number of nitrogens with one attached hydrogen (secondary N) is 1. The minimum atomic E-state index is -4.49. The number of alkyl halides is 3. The van der Waals surface area contributed by atoms with Crippen LogP contribution in [-0.2, 0) is 11.0 Å². The van der Waals surface area contributed by atoms with Gasteiger partial charge in [-0.15, -0.1) is 0 Å². The molecular weight excluding hydrogens is 269 g/mol. The quantitative estimate of drug-likeness (QED) is 0.897. The van der Waals surface area contributed by atoms with Crippen molar-refractivity contribution in [2.75, 3.05) is 11.9 Å². The third kappa shape index (κ3) is 2.65. The zero-order chi connectivity index (χ0) is 15.0. The van der Waals surface area contributed by atoms with Crippen LogP contribution >= 0.6 is 0 Å². The summed E-state index contributed by atoms with van der Waals surface area (Å²) in [7, 11) is 0. The molecule has 0 unspecified atom stereocenters. The highest BCUT2D eigenvalue weighted by Crippen LogP contribution is 2.46. The first-order valence-electron chi connectivity index (χ1n) is 6.46. The van der Waals surface area contributed by atoms with Gasteiger partial charge in [-0.1, -0.05) is 19.1 Å². The van der Waals surface area contributed by atoms with E-state index in [4.69, 9.17) is 5.73 Å². The largest absolute Gasteiger partial charge is 0.418 e. The van der Waals surface area contributed by atoms with Crippen molar-refractivity contribution in [2.24, 2.45) is 17.1 Å². The van der Waals surface area contributed by atoms with E-state index in [1.54, 1.807) is 0 Å². The average molecular weight is 286 g/mol. The van der Waals surface area contributed by atoms with Gasteiger partial charge in [-0.3, -0.25) is 4.79 Å². The topological polar surface area (TPSA) is 55.1 Å². The first-order chi connectivity index (χ1) is 9.28. The molecule has 1 amide bonds. The summed E-state index contributed by atoms with van der Waals surface area (Å²) in [4.78, 5) is 12.2. The lowest BCUT2D eigenvalue weighted by Crippen LogP contribution is -2.51. The van der Waals surface area contributed by atoms with Crippen LogP contribution in [-0.4, -0.2) is 12.5 Å². The highest BCUT2D eigenvalue weighted by atomic mass is 19.4. The maximum Gasteiger partial charge on any atom is 0.418 e. The van der Waals surface area contributed by atoms with Gasteiger partial charge in [-0.25, -0.2) is 0 Å². The molecule has 3 N–H and O–H groups in total. The third-order valence-corrected chi connectivity index (χ3v) is 3.83. The summed E-state index contributed by atoms with van der Waals surface area (Å²) < 4.78 is 38.6. The molecule has 0 heterocycles. The molecule has 0 spiro atoms. The van der Waals surface area contributed by atoms with Crippen LogP contribution in [0, 0.1) is 11.3 Å². The minimum absolute atomic E-state index is 0.150. The normalized spacial score (nSPS) is 25.9. The number of rotatable bonds is 3. The van der Waals surface area contributed by atoms with Crippen molar-refractivity contribution in [2.45, 2.75) is 25.9 Å². The van der Waals surface area contributed by atoms with Crippen molar-refractivity contribution >= 4 is 11.6 Å². The number of benzene rings is 1. The predicted octanol–water partition coefficient (Wildman–Crippen LogP) is 3.02. The Morgan fingerprint density at radius 2 is 2.00 bits per heavy atom. The zero-order valence-corrected chi connectivity index (χ0v) is 11.1. The Labute approximate surface area is 115 Å². The van der Waals surface area contributed by atoms with E-state index in [0.717, 1.165) is 6.07 Å². The molecule has 0 aliphatic heterocycles. The van der Waals surface area contributed by atoms with Crippen molar-refractivity contribution in [1.82, 2.24) is 0 Å². The molecule has 1 aromatic carbocycles. The van der Waals surface area contributed by atoms with Gasteiger partial charge in [0.05, 0.1) is 16.7 Å². The van der Waals surface area contributed by atoms with E-state index >= 15 is 0 Å². The Hall–Kier alpha value is -1.56. The number of carbonyl (C=O) groups excluding carboxylic acids is 1. The second kappa shape index (κ2) is 5.09. The molecule has 1 fully saturated rings. The van der Waals surface area contributed by atoms with Crippen LogP contribution < -0.4 is 11.1 Å². The number of amides is 1. The fraction of sp³-hybridized carbons (Fsp3) is 0.500. The molecule has 1 aliphatic rings. The molecule has 1 aliphatic carbocycles. The number of nitrogens with two attached hydrogens (primary N) is 1. The summed E-state index contributed by atoms with van der Waals surface area (Å²) in [5.74, 6) is -0.0445. The predicted molar refractivity (Wildman–Crippen MR) is 70.0 cm³/mol. The summed E-state index contributed by atoms with van der Waals surface area (Å²) in [6, 6.07) is 4.97. The maximum absolute atomic E-state index is 12.9. The van der Waals surface area contributed by atoms with Crippen LogP contribution in [0.5, 0.6) is 0 Å². The van der Waals surface area contributed by atoms with Crippen LogP contribution in [0.15, 0.2) is 24.3 Å². The molecule has 0 saturated heterocycles. The number of anilines is 1. The summed E-state index contributed by atoms with van der Waals surface area (Å²) in [5.41, 5.74) is 3.85. The highest BCUT2D eigenvalue weighted by Gasteiger charge is 2.47. The van der Waals surface area contributed by atoms with E-state index in [1.807, 2.05) is 6.92 Å². The number of para-hydroxylation sites is 1. The Kier molecular flexibility index (Phi) is 3.77. The first-order valence-corrected chi connectivity index (χ1v) is 6.46. The SMILES string of the molecule is CC1CC(CN)(C(=O)Nc2ccccc2C(F)(F)F)C1. The van der Waals surface area contributed by atoms with Crippen molar-refractivity contribution in [3.63, 3.8) is 0 Å². The second-order valence-electron chi connectivity index (χ2n) is 5.50. The third-order valence-electron chi connectivity index (χ3n) is 3.83. The van der Waals surface area contributed by atoms with Gasteiger partial charge in [0.1, 0.15) is 0 Å². The van der Waals surface area contributed by atoms with Crippen LogP contribution in [0.25, 0.3) is 0 Å². The molecule has 1 saturated carbocycles. The van der Waals surface area contributed by atoms with Gasteiger partial charge < -0.3 is 11.1 Å². The highest BCUT2D eigenvalue weighted by molar-refractivity contribution is 5.96. The van der Waals surface area contributed by atoms with E-state index in [2.05, 4.69) is 5.32 Å². The standard InChI is InChI=1S/C14H17F3N2O/c1-9-6-13(7-9,8-18)12(20)19-11-5-3-2-4-10(11)14(15,16)17/h2-5,9H,6-8,18H2,1H3,(H,19,20). The van der Waals surface area contributed by atoms with Crippen molar-refractivity contribution in [1.29, 1.82) is 0 Å². The second-order valence-corrected chi connectivity index (χ2v) is 5.50. The molecule has 110 valence electrons. The first kappa shape index (κ1) is 14.8. The van der Waals surface area contributed by atoms with E-state index in [1.165, 1.54) is 18.2 Å². The summed E-state index contributed by atoms with van der Waals surface area (Å²) in [6.45, 7) is 2.14. The monoisotopic (exact) mass is 286 g/mol. The van der Waals surface area contributed by atoms with Gasteiger partial charge in [0.2, 0.25) is 5.91 Å². The van der Waals surface area contributed by atoms with Crippen LogP contribution in [0.2, 0.25) is 0 Å². The summed E-state index contributed by atoms with van der Waals surface area (Å²) >= 11 is 0. The lowest BCUT2D eigenvalue weighted by molar-refractivity contribution is -0.137. The Morgan fingerprint density at radius 3 is 2.50 bits per heavy atom. The lowest BCUT2D eigenvalue weighted by atomic mass is 9.62. The lowest BCUT2D eigenvalue weighted by Gasteiger charge is -2.44. The molecule has 0 bridgehead atoms. The molecule has 2 rings (SSSR count). The van der Waals surface area contributed by atoms with Crippen molar-refractivity contribution < 1.29 is 18.0 Å². The van der Waals surface area contributed by atoms with Crippen LogP contribution in [0.4, 0.5) is 18.9 Å². The minimum Gasteiger partial charge on any atom is -0.329 e. The van der Waals surface area contributed by atoms with Crippen molar-refractivity contribution in [3.8, 4) is 0 Å². The fourth-order valence-electron chi connectivity index (χ4n) is 2.81. The van der Waals surface area contributed by atoms with Gasteiger partial charge >= 0.3 is 6.18 Å². The van der Waals surface area contributed by atoms with E-state index < -0.39 is 23.1 Å². The van der Waals surface area contributed by atoms with Gasteiger partial charge in [-0.2, -0.15) is 13.2 Å². The fourth-order valence-corrected chi connectivity index (χ4v) is 2.81. The van der Waals surface area contributed by atoms with Gasteiger partial charge in [0, 0.05) is 6.54 Å². The number of halogens is 3. The molecule has 6 heteroatoms. The van der Waals surface area contributed by atoms with Crippen LogP contribution in [0.1, 0.15) is 25.3 Å². The van der Waals surface area contributed by atoms with E-state index in [0.29, 0.717) is 18.8 Å². The summed E-state index contributed by atoms with van der Waals surface area (Å²) in [5, 5.41) is 2.39. The Balaban J connectivity index is 2.21. The molecule has 0 aromatic heterocycles. The molecule has 20 heavy (non-hydrogen) atoms. The number of hydrogen-bond acceptors (Lipinski definition) is 2. The number of carbonyl (C=O) groups is 1. The molecular formula is C14H17F3N2O. The van der Waals surface area contributed by atoms with Crippen LogP contribution in [0.3, 0.4) is 0 Å². The molecule has 3 nitrogen and oxygen atoms in total. The molecule has 0 atom stereocenters. The van der Waals surface area contributed by atoms with E-state index in [9.17, 15) is 18.0 Å². The Bertz CT molecular complexity index is 507. The molecule has 0 radical (unpaired) electrons. The maximum atomic E-state index is 12.9.